The van der Waals surface area contributed by atoms with Crippen LogP contribution in [0.1, 0.15) is 51.5 Å². The molecule has 0 spiro atoms. The van der Waals surface area contributed by atoms with E-state index in [0.717, 1.165) is 41.5 Å². The first-order valence-electron chi connectivity index (χ1n) is 10.5. The Bertz CT molecular complexity index is 942. The monoisotopic (exact) mass is 416 g/mol. The summed E-state index contributed by atoms with van der Waals surface area (Å²) < 4.78 is 19.5. The first-order chi connectivity index (χ1) is 14.3. The van der Waals surface area contributed by atoms with Gasteiger partial charge in [0.05, 0.1) is 6.61 Å². The summed E-state index contributed by atoms with van der Waals surface area (Å²) >= 11 is 0. The van der Waals surface area contributed by atoms with Crippen LogP contribution in [0.25, 0.3) is 0 Å². The maximum atomic E-state index is 13.7. The molecule has 6 heteroatoms. The molecule has 0 amide bonds. The number of rotatable bonds is 4. The third-order valence-corrected chi connectivity index (χ3v) is 6.64. The summed E-state index contributed by atoms with van der Waals surface area (Å²) in [6.45, 7) is 3.29. The van der Waals surface area contributed by atoms with Gasteiger partial charge >= 0.3 is 0 Å². The highest BCUT2D eigenvalue weighted by Gasteiger charge is 2.44. The van der Waals surface area contributed by atoms with E-state index in [1.807, 2.05) is 19.1 Å². The van der Waals surface area contributed by atoms with Crippen LogP contribution in [0.3, 0.4) is 0 Å². The number of fused-ring (bicyclic) bond motifs is 1. The van der Waals surface area contributed by atoms with E-state index >= 15 is 0 Å². The summed E-state index contributed by atoms with van der Waals surface area (Å²) in [5, 5.41) is 40.5. The lowest BCUT2D eigenvalue weighted by molar-refractivity contribution is -0.231. The minimum atomic E-state index is -1.41. The van der Waals surface area contributed by atoms with Gasteiger partial charge in [0.2, 0.25) is 0 Å². The van der Waals surface area contributed by atoms with Crippen LogP contribution in [0.4, 0.5) is 4.39 Å². The van der Waals surface area contributed by atoms with Crippen LogP contribution in [0.2, 0.25) is 0 Å². The van der Waals surface area contributed by atoms with Crippen molar-refractivity contribution in [3.63, 3.8) is 0 Å². The normalized spacial score (nSPS) is 28.6. The van der Waals surface area contributed by atoms with E-state index in [4.69, 9.17) is 4.74 Å². The summed E-state index contributed by atoms with van der Waals surface area (Å²) in [7, 11) is 0. The Kier molecular flexibility index (Phi) is 5.97. The molecule has 2 aromatic rings. The standard InChI is InChI=1S/C24H29FO5/c1-12-8-14(6-7-19(12)25)9-15-10-18(13(2)16-4-3-5-17(15)16)24-23(29)22(28)21(27)20(11-26)30-24/h6-8,10,20-24,26-29H,3-5,9,11H2,1-2H3/t20-,21-,22+,23-,24+/m1/s1. The zero-order valence-electron chi connectivity index (χ0n) is 17.3. The lowest BCUT2D eigenvalue weighted by Crippen LogP contribution is -2.55. The van der Waals surface area contributed by atoms with Gasteiger partial charge in [0.1, 0.15) is 36.3 Å². The minimum Gasteiger partial charge on any atom is -0.394 e. The quantitative estimate of drug-likeness (QED) is 0.613. The second-order valence-corrected chi connectivity index (χ2v) is 8.57. The molecule has 1 aliphatic heterocycles. The largest absolute Gasteiger partial charge is 0.394 e. The zero-order chi connectivity index (χ0) is 21.6. The second-order valence-electron chi connectivity index (χ2n) is 8.57. The Hall–Kier alpha value is -1.83. The molecule has 2 aromatic carbocycles. The summed E-state index contributed by atoms with van der Waals surface area (Å²) in [5.41, 5.74) is 7.02. The van der Waals surface area contributed by atoms with Crippen molar-refractivity contribution in [1.29, 1.82) is 0 Å². The fraction of sp³-hybridized carbons (Fsp3) is 0.500. The fourth-order valence-corrected chi connectivity index (χ4v) is 4.92. The van der Waals surface area contributed by atoms with Crippen molar-refractivity contribution >= 4 is 0 Å². The Morgan fingerprint density at radius 3 is 2.43 bits per heavy atom. The van der Waals surface area contributed by atoms with Gasteiger partial charge < -0.3 is 25.2 Å². The molecule has 0 radical (unpaired) electrons. The van der Waals surface area contributed by atoms with Crippen LogP contribution >= 0.6 is 0 Å². The van der Waals surface area contributed by atoms with Gasteiger partial charge in [0.25, 0.3) is 0 Å². The van der Waals surface area contributed by atoms with Crippen molar-refractivity contribution in [1.82, 2.24) is 0 Å². The molecule has 5 atom stereocenters. The molecule has 1 heterocycles. The van der Waals surface area contributed by atoms with Crippen molar-refractivity contribution in [3.05, 3.63) is 69.0 Å². The first-order valence-corrected chi connectivity index (χ1v) is 10.5. The maximum absolute atomic E-state index is 13.7. The summed E-state index contributed by atoms with van der Waals surface area (Å²) in [6, 6.07) is 7.13. The number of aliphatic hydroxyl groups excluding tert-OH is 4. The van der Waals surface area contributed by atoms with Crippen molar-refractivity contribution in [2.75, 3.05) is 6.61 Å². The van der Waals surface area contributed by atoms with E-state index in [9.17, 15) is 24.8 Å². The molecule has 1 saturated heterocycles. The van der Waals surface area contributed by atoms with Crippen molar-refractivity contribution in [2.24, 2.45) is 0 Å². The minimum absolute atomic E-state index is 0.227. The van der Waals surface area contributed by atoms with E-state index in [-0.39, 0.29) is 5.82 Å². The highest BCUT2D eigenvalue weighted by molar-refractivity contribution is 5.50. The average Bonchev–Trinajstić information content (AvgIpc) is 3.22. The molecule has 5 nitrogen and oxygen atoms in total. The van der Waals surface area contributed by atoms with Crippen LogP contribution in [-0.4, -0.2) is 51.4 Å². The molecule has 4 N–H and O–H groups in total. The molecule has 1 aliphatic carbocycles. The molecular formula is C24H29FO5. The van der Waals surface area contributed by atoms with Gasteiger partial charge in [-0.2, -0.15) is 0 Å². The molecule has 4 rings (SSSR count). The Morgan fingerprint density at radius 1 is 1.00 bits per heavy atom. The molecule has 30 heavy (non-hydrogen) atoms. The zero-order valence-corrected chi connectivity index (χ0v) is 17.3. The molecule has 0 saturated carbocycles. The predicted molar refractivity (Wildman–Crippen MR) is 110 cm³/mol. The predicted octanol–water partition coefficient (Wildman–Crippen LogP) is 2.04. The van der Waals surface area contributed by atoms with Gasteiger partial charge in [-0.15, -0.1) is 0 Å². The van der Waals surface area contributed by atoms with Crippen LogP contribution in [-0.2, 0) is 24.0 Å². The van der Waals surface area contributed by atoms with Gasteiger partial charge in [-0.25, -0.2) is 4.39 Å². The van der Waals surface area contributed by atoms with Gasteiger partial charge in [-0.1, -0.05) is 18.2 Å². The molecule has 0 bridgehead atoms. The fourth-order valence-electron chi connectivity index (χ4n) is 4.92. The van der Waals surface area contributed by atoms with Gasteiger partial charge in [-0.05, 0) is 84.5 Å². The molecular weight excluding hydrogens is 387 g/mol. The lowest BCUT2D eigenvalue weighted by Gasteiger charge is -2.41. The van der Waals surface area contributed by atoms with Crippen molar-refractivity contribution < 1.29 is 29.6 Å². The van der Waals surface area contributed by atoms with E-state index in [1.54, 1.807) is 13.0 Å². The lowest BCUT2D eigenvalue weighted by atomic mass is 9.84. The summed E-state index contributed by atoms with van der Waals surface area (Å²) in [4.78, 5) is 0. The number of halogens is 1. The number of aryl methyl sites for hydroxylation is 1. The number of hydrogen-bond donors (Lipinski definition) is 4. The van der Waals surface area contributed by atoms with E-state index < -0.39 is 37.1 Å². The number of benzene rings is 2. The number of hydrogen-bond acceptors (Lipinski definition) is 5. The molecule has 162 valence electrons. The third-order valence-electron chi connectivity index (χ3n) is 6.64. The van der Waals surface area contributed by atoms with Crippen molar-refractivity contribution in [2.45, 2.75) is 70.1 Å². The van der Waals surface area contributed by atoms with E-state index in [0.29, 0.717) is 12.0 Å². The first kappa shape index (κ1) is 21.4. The SMILES string of the molecule is Cc1cc(Cc2cc([C@@H]3O[C@H](CO)[C@@H](O)[C@H](O)[C@H]3O)c(C)c3c2CCC3)ccc1F. The molecule has 0 aromatic heterocycles. The van der Waals surface area contributed by atoms with Gasteiger partial charge in [0, 0.05) is 0 Å². The van der Waals surface area contributed by atoms with E-state index in [2.05, 4.69) is 0 Å². The summed E-state index contributed by atoms with van der Waals surface area (Å²) in [5.74, 6) is -0.227. The van der Waals surface area contributed by atoms with Crippen LogP contribution in [0.15, 0.2) is 24.3 Å². The Balaban J connectivity index is 1.75. The third kappa shape index (κ3) is 3.67. The van der Waals surface area contributed by atoms with E-state index in [1.165, 1.54) is 17.2 Å². The molecule has 0 unspecified atom stereocenters. The van der Waals surface area contributed by atoms with Gasteiger partial charge in [0.15, 0.2) is 0 Å². The average molecular weight is 416 g/mol. The van der Waals surface area contributed by atoms with Crippen LogP contribution < -0.4 is 0 Å². The maximum Gasteiger partial charge on any atom is 0.126 e. The topological polar surface area (TPSA) is 90.2 Å². The van der Waals surface area contributed by atoms with Gasteiger partial charge in [-0.3, -0.25) is 0 Å². The number of ether oxygens (including phenoxy) is 1. The highest BCUT2D eigenvalue weighted by atomic mass is 19.1. The van der Waals surface area contributed by atoms with Crippen LogP contribution in [0.5, 0.6) is 0 Å². The van der Waals surface area contributed by atoms with Crippen molar-refractivity contribution in [3.8, 4) is 0 Å². The summed E-state index contributed by atoms with van der Waals surface area (Å²) in [6.07, 6.45) is -2.29. The second kappa shape index (κ2) is 8.36. The Labute approximate surface area is 175 Å². The Morgan fingerprint density at radius 2 is 1.73 bits per heavy atom. The molecule has 2 aliphatic rings. The molecule has 1 fully saturated rings. The number of aliphatic hydroxyl groups is 4. The highest BCUT2D eigenvalue weighted by Crippen LogP contribution is 2.39. The smallest absolute Gasteiger partial charge is 0.126 e. The van der Waals surface area contributed by atoms with Crippen LogP contribution in [0, 0.1) is 19.7 Å².